The van der Waals surface area contributed by atoms with Gasteiger partial charge in [-0.05, 0) is 18.1 Å². The van der Waals surface area contributed by atoms with Crippen molar-refractivity contribution in [3.63, 3.8) is 0 Å². The number of aromatic nitrogens is 4. The molecule has 3 heterocycles. The van der Waals surface area contributed by atoms with Gasteiger partial charge in [-0.15, -0.1) is 0 Å². The number of hydrogen-bond donors (Lipinski definition) is 1. The van der Waals surface area contributed by atoms with E-state index in [-0.39, 0.29) is 22.7 Å². The first kappa shape index (κ1) is 17.7. The lowest BCUT2D eigenvalue weighted by atomic mass is 10.0. The Morgan fingerprint density at radius 2 is 2.15 bits per heavy atom. The summed E-state index contributed by atoms with van der Waals surface area (Å²) in [4.78, 5) is 22.7. The predicted octanol–water partition coefficient (Wildman–Crippen LogP) is 3.90. The van der Waals surface area contributed by atoms with Gasteiger partial charge in [-0.25, -0.2) is 4.98 Å². The number of nitro groups is 1. The van der Waals surface area contributed by atoms with Crippen LogP contribution in [0.1, 0.15) is 25.8 Å². The van der Waals surface area contributed by atoms with Gasteiger partial charge in [0, 0.05) is 24.0 Å². The molecular formula is C16H15ClN6O3. The molecule has 0 saturated heterocycles. The highest BCUT2D eigenvalue weighted by Gasteiger charge is 2.25. The summed E-state index contributed by atoms with van der Waals surface area (Å²) in [6.45, 7) is 3.93. The summed E-state index contributed by atoms with van der Waals surface area (Å²) in [6.07, 6.45) is 4.44. The van der Waals surface area contributed by atoms with Crippen molar-refractivity contribution >= 4 is 23.1 Å². The summed E-state index contributed by atoms with van der Waals surface area (Å²) in [6, 6.07) is 4.47. The number of pyridine rings is 2. The average Bonchev–Trinajstić information content (AvgIpc) is 3.10. The van der Waals surface area contributed by atoms with Crippen LogP contribution in [0.4, 0.5) is 11.5 Å². The molecule has 0 radical (unpaired) electrons. The van der Waals surface area contributed by atoms with E-state index < -0.39 is 4.92 Å². The van der Waals surface area contributed by atoms with E-state index in [0.717, 1.165) is 11.8 Å². The van der Waals surface area contributed by atoms with Crippen molar-refractivity contribution in [1.82, 2.24) is 20.1 Å². The Bertz CT molecular complexity index is 915. The molecule has 134 valence electrons. The largest absolute Gasteiger partial charge is 0.357 e. The minimum Gasteiger partial charge on any atom is -0.357 e. The first-order valence-electron chi connectivity index (χ1n) is 7.76. The number of hydrogen-bond acceptors (Lipinski definition) is 8. The molecule has 3 aromatic heterocycles. The Morgan fingerprint density at radius 1 is 1.35 bits per heavy atom. The van der Waals surface area contributed by atoms with Crippen LogP contribution >= 0.6 is 11.6 Å². The van der Waals surface area contributed by atoms with Crippen LogP contribution in [-0.4, -0.2) is 25.0 Å². The van der Waals surface area contributed by atoms with Gasteiger partial charge < -0.3 is 9.84 Å². The van der Waals surface area contributed by atoms with Gasteiger partial charge in [-0.1, -0.05) is 30.6 Å². The lowest BCUT2D eigenvalue weighted by Crippen LogP contribution is -2.18. The monoisotopic (exact) mass is 374 g/mol. The highest BCUT2D eigenvalue weighted by molar-refractivity contribution is 6.33. The maximum absolute atomic E-state index is 10.8. The molecule has 10 heteroatoms. The Kier molecular flexibility index (Phi) is 5.08. The number of rotatable bonds is 6. The van der Waals surface area contributed by atoms with Crippen molar-refractivity contribution < 1.29 is 9.45 Å². The zero-order valence-electron chi connectivity index (χ0n) is 14.0. The van der Waals surface area contributed by atoms with E-state index in [1.54, 1.807) is 18.5 Å². The molecule has 0 spiro atoms. The van der Waals surface area contributed by atoms with Gasteiger partial charge in [0.1, 0.15) is 18.1 Å². The summed E-state index contributed by atoms with van der Waals surface area (Å²) < 4.78 is 5.39. The van der Waals surface area contributed by atoms with Crippen molar-refractivity contribution in [1.29, 1.82) is 0 Å². The van der Waals surface area contributed by atoms with Gasteiger partial charge in [0.05, 0.1) is 9.95 Å². The molecule has 0 bridgehead atoms. The fraction of sp³-hybridized carbons (Fsp3) is 0.250. The van der Waals surface area contributed by atoms with E-state index in [1.807, 2.05) is 19.9 Å². The molecule has 0 amide bonds. The Hall–Kier alpha value is -3.07. The van der Waals surface area contributed by atoms with Gasteiger partial charge in [0.15, 0.2) is 0 Å². The quantitative estimate of drug-likeness (QED) is 0.509. The minimum atomic E-state index is -0.555. The van der Waals surface area contributed by atoms with E-state index >= 15 is 0 Å². The number of nitrogens with zero attached hydrogens (tertiary/aromatic N) is 5. The highest BCUT2D eigenvalue weighted by Crippen LogP contribution is 2.31. The Morgan fingerprint density at radius 3 is 2.77 bits per heavy atom. The van der Waals surface area contributed by atoms with Gasteiger partial charge in [-0.3, -0.25) is 15.1 Å². The van der Waals surface area contributed by atoms with Crippen molar-refractivity contribution in [2.75, 3.05) is 5.32 Å². The van der Waals surface area contributed by atoms with E-state index in [9.17, 15) is 10.1 Å². The fourth-order valence-electron chi connectivity index (χ4n) is 2.27. The molecule has 0 saturated carbocycles. The zero-order chi connectivity index (χ0) is 18.7. The lowest BCUT2D eigenvalue weighted by Gasteiger charge is -2.19. The summed E-state index contributed by atoms with van der Waals surface area (Å²) in [7, 11) is 0. The first-order chi connectivity index (χ1) is 12.5. The smallest absolute Gasteiger partial charge is 0.289 e. The van der Waals surface area contributed by atoms with Gasteiger partial charge >= 0.3 is 0 Å². The van der Waals surface area contributed by atoms with Crippen molar-refractivity contribution in [2.24, 2.45) is 5.92 Å². The molecule has 1 N–H and O–H groups in total. The van der Waals surface area contributed by atoms with Crippen LogP contribution in [0, 0.1) is 16.0 Å². The highest BCUT2D eigenvalue weighted by atomic mass is 35.5. The van der Waals surface area contributed by atoms with Crippen molar-refractivity contribution in [3.8, 4) is 11.4 Å². The molecule has 0 aromatic carbocycles. The normalized spacial score (nSPS) is 12.2. The van der Waals surface area contributed by atoms with E-state index in [1.165, 1.54) is 6.07 Å². The standard InChI is InChI=1S/C16H15ClN6O3/c1-9(2)13(20-15-12(17)6-11(8-19-15)23(24)25)16-21-14(22-26-16)10-4-3-5-18-7-10/h3-9,13H,1-2H3,(H,19,20). The molecule has 0 aliphatic carbocycles. The molecule has 1 unspecified atom stereocenters. The first-order valence-corrected chi connectivity index (χ1v) is 8.14. The number of halogens is 1. The zero-order valence-corrected chi connectivity index (χ0v) is 14.7. The number of anilines is 1. The second-order valence-corrected chi connectivity index (χ2v) is 6.25. The predicted molar refractivity (Wildman–Crippen MR) is 94.6 cm³/mol. The molecule has 3 rings (SSSR count). The molecule has 0 fully saturated rings. The van der Waals surface area contributed by atoms with E-state index in [2.05, 4.69) is 25.4 Å². The van der Waals surface area contributed by atoms with Gasteiger partial charge in [0.25, 0.3) is 5.69 Å². The van der Waals surface area contributed by atoms with Crippen LogP contribution in [0.3, 0.4) is 0 Å². The second kappa shape index (κ2) is 7.44. The molecule has 3 aromatic rings. The Balaban J connectivity index is 1.87. The third kappa shape index (κ3) is 3.77. The van der Waals surface area contributed by atoms with Crippen LogP contribution < -0.4 is 5.32 Å². The van der Waals surface area contributed by atoms with Crippen molar-refractivity contribution in [3.05, 3.63) is 57.8 Å². The van der Waals surface area contributed by atoms with Gasteiger partial charge in [0.2, 0.25) is 11.7 Å². The molecule has 1 atom stereocenters. The average molecular weight is 375 g/mol. The SMILES string of the molecule is CC(C)C(Nc1ncc([N+](=O)[O-])cc1Cl)c1nc(-c2cccnc2)no1. The molecule has 0 aliphatic heterocycles. The summed E-state index contributed by atoms with van der Waals surface area (Å²) >= 11 is 6.11. The van der Waals surface area contributed by atoms with Crippen LogP contribution in [0.25, 0.3) is 11.4 Å². The third-order valence-corrected chi connectivity index (χ3v) is 3.91. The Labute approximate surface area is 153 Å². The maximum Gasteiger partial charge on any atom is 0.289 e. The molecular weight excluding hydrogens is 360 g/mol. The third-order valence-electron chi connectivity index (χ3n) is 3.62. The van der Waals surface area contributed by atoms with Crippen LogP contribution in [0.2, 0.25) is 5.02 Å². The van der Waals surface area contributed by atoms with Gasteiger partial charge in [-0.2, -0.15) is 4.98 Å². The lowest BCUT2D eigenvalue weighted by molar-refractivity contribution is -0.385. The minimum absolute atomic E-state index is 0.0604. The maximum atomic E-state index is 10.8. The fourth-order valence-corrected chi connectivity index (χ4v) is 2.48. The number of nitrogens with one attached hydrogen (secondary N) is 1. The molecule has 9 nitrogen and oxygen atoms in total. The molecule has 0 aliphatic rings. The van der Waals surface area contributed by atoms with E-state index in [4.69, 9.17) is 16.1 Å². The van der Waals surface area contributed by atoms with Crippen molar-refractivity contribution in [2.45, 2.75) is 19.9 Å². The van der Waals surface area contributed by atoms with Crippen LogP contribution in [0.5, 0.6) is 0 Å². The topological polar surface area (TPSA) is 120 Å². The summed E-state index contributed by atoms with van der Waals surface area (Å²) in [5.41, 5.74) is 0.551. The van der Waals surface area contributed by atoms with Crippen LogP contribution in [0.15, 0.2) is 41.3 Å². The van der Waals surface area contributed by atoms with E-state index in [0.29, 0.717) is 17.5 Å². The summed E-state index contributed by atoms with van der Waals surface area (Å²) in [5, 5.41) is 18.0. The molecule has 26 heavy (non-hydrogen) atoms. The van der Waals surface area contributed by atoms with Crippen LogP contribution in [-0.2, 0) is 0 Å². The summed E-state index contributed by atoms with van der Waals surface area (Å²) in [5.74, 6) is 1.14. The second-order valence-electron chi connectivity index (χ2n) is 5.85.